The molecule has 0 heterocycles. The van der Waals surface area contributed by atoms with E-state index >= 15 is 0 Å². The van der Waals surface area contributed by atoms with Crippen LogP contribution in [0.25, 0.3) is 6.08 Å². The second-order valence-corrected chi connectivity index (χ2v) is 8.14. The normalized spacial score (nSPS) is 15.9. The summed E-state index contributed by atoms with van der Waals surface area (Å²) in [6.07, 6.45) is 9.06. The lowest BCUT2D eigenvalue weighted by Gasteiger charge is -2.42. The standard InChI is InChI=1S/C26H35NO3/c1-6-26(27(2)19-21-14-15-21,16-10-13-20-11-8-7-9-12-20)22-17-23(28-3)25(30-5)24(18-22)29-4/h7-13,17-18,21H,6,14-16,19H2,1-5H3/b13-10+. The molecule has 1 saturated carbocycles. The van der Waals surface area contributed by atoms with Gasteiger partial charge in [0.1, 0.15) is 0 Å². The van der Waals surface area contributed by atoms with Crippen molar-refractivity contribution < 1.29 is 14.2 Å². The van der Waals surface area contributed by atoms with Crippen LogP contribution in [0.5, 0.6) is 17.2 Å². The van der Waals surface area contributed by atoms with Crippen molar-refractivity contribution in [1.82, 2.24) is 4.90 Å². The summed E-state index contributed by atoms with van der Waals surface area (Å²) < 4.78 is 16.9. The Hall–Kier alpha value is -2.46. The first-order chi connectivity index (χ1) is 14.6. The summed E-state index contributed by atoms with van der Waals surface area (Å²) in [6, 6.07) is 14.7. The SMILES string of the molecule is CCC(C/C=C/c1ccccc1)(c1cc(OC)c(OC)c(OC)c1)N(C)CC1CC1. The van der Waals surface area contributed by atoms with Gasteiger partial charge >= 0.3 is 0 Å². The molecule has 0 amide bonds. The summed E-state index contributed by atoms with van der Waals surface area (Å²) in [5.74, 6) is 2.85. The third-order valence-corrected chi connectivity index (χ3v) is 6.31. The first kappa shape index (κ1) is 22.2. The molecule has 1 fully saturated rings. The van der Waals surface area contributed by atoms with E-state index in [0.29, 0.717) is 17.2 Å². The molecule has 0 N–H and O–H groups in total. The Balaban J connectivity index is 2.02. The predicted molar refractivity (Wildman–Crippen MR) is 124 cm³/mol. The average Bonchev–Trinajstić information content (AvgIpc) is 3.60. The van der Waals surface area contributed by atoms with E-state index in [1.165, 1.54) is 24.0 Å². The smallest absolute Gasteiger partial charge is 0.203 e. The number of ether oxygens (including phenoxy) is 3. The molecule has 3 rings (SSSR count). The van der Waals surface area contributed by atoms with Crippen molar-refractivity contribution in [2.75, 3.05) is 34.9 Å². The molecule has 2 aromatic carbocycles. The van der Waals surface area contributed by atoms with Crippen molar-refractivity contribution in [2.24, 2.45) is 5.92 Å². The molecule has 4 heteroatoms. The molecule has 0 radical (unpaired) electrons. The quantitative estimate of drug-likeness (QED) is 0.472. The molecule has 1 atom stereocenters. The van der Waals surface area contributed by atoms with Crippen molar-refractivity contribution in [3.05, 3.63) is 59.7 Å². The summed E-state index contributed by atoms with van der Waals surface area (Å²) in [5.41, 5.74) is 2.26. The third kappa shape index (κ3) is 4.81. The van der Waals surface area contributed by atoms with Gasteiger partial charge in [-0.25, -0.2) is 0 Å². The van der Waals surface area contributed by atoms with Gasteiger partial charge in [0.15, 0.2) is 11.5 Å². The molecular weight excluding hydrogens is 374 g/mol. The van der Waals surface area contributed by atoms with Crippen LogP contribution < -0.4 is 14.2 Å². The van der Waals surface area contributed by atoms with Gasteiger partial charge in [0, 0.05) is 12.1 Å². The van der Waals surface area contributed by atoms with Crippen molar-refractivity contribution in [1.29, 1.82) is 0 Å². The number of methoxy groups -OCH3 is 3. The molecule has 0 saturated heterocycles. The van der Waals surface area contributed by atoms with E-state index < -0.39 is 0 Å². The number of hydrogen-bond acceptors (Lipinski definition) is 4. The zero-order valence-corrected chi connectivity index (χ0v) is 19.0. The maximum atomic E-state index is 5.66. The Morgan fingerprint density at radius 1 is 1.00 bits per heavy atom. The van der Waals surface area contributed by atoms with E-state index in [-0.39, 0.29) is 5.54 Å². The van der Waals surface area contributed by atoms with Crippen molar-refractivity contribution in [2.45, 2.75) is 38.1 Å². The molecule has 0 aromatic heterocycles. The van der Waals surface area contributed by atoms with Crippen LogP contribution in [-0.2, 0) is 5.54 Å². The van der Waals surface area contributed by atoms with Crippen molar-refractivity contribution in [3.8, 4) is 17.2 Å². The topological polar surface area (TPSA) is 30.9 Å². The van der Waals surface area contributed by atoms with Crippen LogP contribution >= 0.6 is 0 Å². The first-order valence-electron chi connectivity index (χ1n) is 10.8. The minimum Gasteiger partial charge on any atom is -0.493 e. The van der Waals surface area contributed by atoms with E-state index in [9.17, 15) is 0 Å². The first-order valence-corrected chi connectivity index (χ1v) is 10.8. The Labute approximate surface area is 181 Å². The number of benzene rings is 2. The highest BCUT2D eigenvalue weighted by Crippen LogP contribution is 2.46. The van der Waals surface area contributed by atoms with Gasteiger partial charge in [-0.05, 0) is 61.9 Å². The average molecular weight is 410 g/mol. The molecular formula is C26H35NO3. The monoisotopic (exact) mass is 409 g/mol. The van der Waals surface area contributed by atoms with Gasteiger partial charge in [0.25, 0.3) is 0 Å². The maximum absolute atomic E-state index is 5.66. The predicted octanol–water partition coefficient (Wildman–Crippen LogP) is 5.76. The van der Waals surface area contributed by atoms with Gasteiger partial charge < -0.3 is 14.2 Å². The maximum Gasteiger partial charge on any atom is 0.203 e. The van der Waals surface area contributed by atoms with Crippen molar-refractivity contribution >= 4 is 6.08 Å². The van der Waals surface area contributed by atoms with Crippen LogP contribution in [0, 0.1) is 5.92 Å². The lowest BCUT2D eigenvalue weighted by Crippen LogP contribution is -2.44. The molecule has 0 bridgehead atoms. The van der Waals surface area contributed by atoms with Crippen LogP contribution in [0.2, 0.25) is 0 Å². The molecule has 4 nitrogen and oxygen atoms in total. The lowest BCUT2D eigenvalue weighted by atomic mass is 9.81. The highest BCUT2D eigenvalue weighted by Gasteiger charge is 2.38. The van der Waals surface area contributed by atoms with Gasteiger partial charge in [0.05, 0.1) is 21.3 Å². The second kappa shape index (κ2) is 10.0. The minimum absolute atomic E-state index is 0.152. The van der Waals surface area contributed by atoms with Crippen LogP contribution in [-0.4, -0.2) is 39.8 Å². The molecule has 0 aliphatic heterocycles. The highest BCUT2D eigenvalue weighted by molar-refractivity contribution is 5.56. The van der Waals surface area contributed by atoms with E-state index in [1.807, 2.05) is 6.07 Å². The van der Waals surface area contributed by atoms with Crippen LogP contribution in [0.3, 0.4) is 0 Å². The third-order valence-electron chi connectivity index (χ3n) is 6.31. The van der Waals surface area contributed by atoms with E-state index in [1.54, 1.807) is 21.3 Å². The fourth-order valence-electron chi connectivity index (χ4n) is 4.28. The fraction of sp³-hybridized carbons (Fsp3) is 0.462. The largest absolute Gasteiger partial charge is 0.493 e. The Morgan fingerprint density at radius 3 is 2.13 bits per heavy atom. The van der Waals surface area contributed by atoms with Gasteiger partial charge in [-0.2, -0.15) is 0 Å². The van der Waals surface area contributed by atoms with Gasteiger partial charge in [-0.15, -0.1) is 0 Å². The van der Waals surface area contributed by atoms with Gasteiger partial charge in [-0.3, -0.25) is 4.90 Å². The Bertz CT molecular complexity index is 820. The number of rotatable bonds is 11. The fourth-order valence-corrected chi connectivity index (χ4v) is 4.28. The molecule has 30 heavy (non-hydrogen) atoms. The minimum atomic E-state index is -0.152. The van der Waals surface area contributed by atoms with Crippen LogP contribution in [0.4, 0.5) is 0 Å². The highest BCUT2D eigenvalue weighted by atomic mass is 16.5. The summed E-state index contributed by atoms with van der Waals surface area (Å²) in [6.45, 7) is 3.37. The summed E-state index contributed by atoms with van der Waals surface area (Å²) in [5, 5.41) is 0. The van der Waals surface area contributed by atoms with E-state index in [2.05, 4.69) is 67.4 Å². The molecule has 162 valence electrons. The molecule has 0 spiro atoms. The Kier molecular flexibility index (Phi) is 7.43. The molecule has 1 aliphatic carbocycles. The second-order valence-electron chi connectivity index (χ2n) is 8.14. The molecule has 1 aliphatic rings. The van der Waals surface area contributed by atoms with Gasteiger partial charge in [0.2, 0.25) is 5.75 Å². The van der Waals surface area contributed by atoms with Crippen molar-refractivity contribution in [3.63, 3.8) is 0 Å². The van der Waals surface area contributed by atoms with Crippen LogP contribution in [0.15, 0.2) is 48.5 Å². The summed E-state index contributed by atoms with van der Waals surface area (Å²) in [7, 11) is 7.26. The number of nitrogens with zero attached hydrogens (tertiary/aromatic N) is 1. The molecule has 1 unspecified atom stereocenters. The van der Waals surface area contributed by atoms with Crippen LogP contribution in [0.1, 0.15) is 43.7 Å². The Morgan fingerprint density at radius 2 is 1.63 bits per heavy atom. The van der Waals surface area contributed by atoms with E-state index in [0.717, 1.165) is 25.3 Å². The summed E-state index contributed by atoms with van der Waals surface area (Å²) >= 11 is 0. The molecule has 2 aromatic rings. The number of hydrogen-bond donors (Lipinski definition) is 0. The summed E-state index contributed by atoms with van der Waals surface area (Å²) in [4.78, 5) is 2.53. The van der Waals surface area contributed by atoms with E-state index in [4.69, 9.17) is 14.2 Å². The van der Waals surface area contributed by atoms with Gasteiger partial charge in [-0.1, -0.05) is 49.4 Å². The lowest BCUT2D eigenvalue weighted by molar-refractivity contribution is 0.107. The zero-order valence-electron chi connectivity index (χ0n) is 19.0. The zero-order chi connectivity index (χ0) is 21.6.